The second-order valence-electron chi connectivity index (χ2n) is 8.72. The van der Waals surface area contributed by atoms with Gasteiger partial charge in [-0.2, -0.15) is 0 Å². The van der Waals surface area contributed by atoms with Crippen LogP contribution in [0.4, 0.5) is 13.6 Å². The van der Waals surface area contributed by atoms with Gasteiger partial charge in [0, 0.05) is 23.7 Å². The molecule has 33 heavy (non-hydrogen) atoms. The molecular weight excluding hydrogens is 429 g/mol. The van der Waals surface area contributed by atoms with E-state index in [1.165, 1.54) is 12.1 Å². The minimum Gasteiger partial charge on any atom is -0.870 e. The fourth-order valence-electron chi connectivity index (χ4n) is 4.10. The molecule has 1 amide bonds. The smallest absolute Gasteiger partial charge is 0.870 e. The molecule has 3 atom stereocenters. The Bertz CT molecular complexity index is 984. The molecule has 1 aliphatic rings. The van der Waals surface area contributed by atoms with Crippen LogP contribution >= 0.6 is 0 Å². The van der Waals surface area contributed by atoms with Crippen LogP contribution in [-0.4, -0.2) is 33.2 Å². The van der Waals surface area contributed by atoms with Gasteiger partial charge in [-0.1, -0.05) is 18.2 Å². The number of halogens is 2. The second-order valence-corrected chi connectivity index (χ2v) is 8.72. The first-order valence-corrected chi connectivity index (χ1v) is 10.2. The van der Waals surface area contributed by atoms with Crippen molar-refractivity contribution in [2.75, 3.05) is 0 Å². The summed E-state index contributed by atoms with van der Waals surface area (Å²) < 4.78 is 34.2. The van der Waals surface area contributed by atoms with E-state index >= 15 is 0 Å². The van der Waals surface area contributed by atoms with Crippen molar-refractivity contribution in [2.45, 2.75) is 63.5 Å². The van der Waals surface area contributed by atoms with Gasteiger partial charge in [-0.15, -0.1) is 0 Å². The largest absolute Gasteiger partial charge is 1.00 e. The molecule has 7 nitrogen and oxygen atoms in total. The van der Waals surface area contributed by atoms with Gasteiger partial charge in [0.15, 0.2) is 11.6 Å². The number of hydrogen-bond acceptors (Lipinski definition) is 5. The number of carbonyl (C=O) groups is 2. The molecule has 3 rings (SSSR count). The molecule has 1 heterocycles. The van der Waals surface area contributed by atoms with E-state index in [4.69, 9.17) is 4.74 Å². The number of carbonyl (C=O) groups excluding carboxylic acids is 1. The van der Waals surface area contributed by atoms with E-state index < -0.39 is 47.2 Å². The zero-order valence-corrected chi connectivity index (χ0v) is 19.1. The number of ether oxygens (including phenoxy) is 1. The number of fused-ring (bicyclic) bond motifs is 1. The van der Waals surface area contributed by atoms with Gasteiger partial charge in [-0.3, -0.25) is 9.78 Å². The Morgan fingerprint density at radius 2 is 1.82 bits per heavy atom. The molecule has 1 aromatic heterocycles. The van der Waals surface area contributed by atoms with Gasteiger partial charge in [0.2, 0.25) is 0 Å². The van der Waals surface area contributed by atoms with Crippen LogP contribution in [0.1, 0.15) is 74.7 Å². The Morgan fingerprint density at radius 1 is 1.15 bits per heavy atom. The van der Waals surface area contributed by atoms with Gasteiger partial charge < -0.3 is 20.6 Å². The molecular formula is C23H27F2LiN2O5. The molecule has 1 aromatic carbocycles. The summed E-state index contributed by atoms with van der Waals surface area (Å²) in [6.07, 6.45) is 1.42. The molecule has 1 aliphatic carbocycles. The number of aromatic nitrogens is 1. The van der Waals surface area contributed by atoms with Crippen LogP contribution in [0.3, 0.4) is 0 Å². The number of amides is 1. The summed E-state index contributed by atoms with van der Waals surface area (Å²) in [5, 5.41) is 12.2. The van der Waals surface area contributed by atoms with Gasteiger partial charge in [0.25, 0.3) is 0 Å². The first-order chi connectivity index (χ1) is 14.6. The van der Waals surface area contributed by atoms with Crippen LogP contribution in [0.2, 0.25) is 0 Å². The maximum Gasteiger partial charge on any atom is 1.00 e. The third-order valence-corrected chi connectivity index (χ3v) is 5.30. The average Bonchev–Trinajstić information content (AvgIpc) is 2.80. The monoisotopic (exact) mass is 456 g/mol. The molecule has 3 N–H and O–H groups in total. The van der Waals surface area contributed by atoms with Crippen LogP contribution < -0.4 is 24.2 Å². The summed E-state index contributed by atoms with van der Waals surface area (Å²) in [4.78, 5) is 28.4. The van der Waals surface area contributed by atoms with Gasteiger partial charge in [0.05, 0.1) is 12.5 Å². The number of carboxylic acids is 1. The molecule has 0 radical (unpaired) electrons. The number of benzene rings is 1. The Hall–Kier alpha value is -2.47. The van der Waals surface area contributed by atoms with Gasteiger partial charge in [-0.25, -0.2) is 13.6 Å². The van der Waals surface area contributed by atoms with E-state index in [1.54, 1.807) is 39.1 Å². The van der Waals surface area contributed by atoms with E-state index in [1.807, 2.05) is 0 Å². The molecule has 0 spiro atoms. The van der Waals surface area contributed by atoms with E-state index in [0.717, 1.165) is 6.07 Å². The summed E-state index contributed by atoms with van der Waals surface area (Å²) in [5.74, 6) is -3.99. The topological polar surface area (TPSA) is 119 Å². The molecule has 174 valence electrons. The number of nitrogens with one attached hydrogen (secondary N) is 1. The summed E-state index contributed by atoms with van der Waals surface area (Å²) in [5.41, 5.74) is 0.473. The van der Waals surface area contributed by atoms with Crippen LogP contribution in [-0.2, 0) is 9.53 Å². The van der Waals surface area contributed by atoms with E-state index in [-0.39, 0.29) is 36.3 Å². The minimum atomic E-state index is -0.981. The first kappa shape index (κ1) is 28.6. The van der Waals surface area contributed by atoms with Gasteiger partial charge in [0.1, 0.15) is 5.60 Å². The summed E-state index contributed by atoms with van der Waals surface area (Å²) in [7, 11) is 0. The van der Waals surface area contributed by atoms with Gasteiger partial charge >= 0.3 is 30.9 Å². The van der Waals surface area contributed by atoms with Crippen molar-refractivity contribution in [3.63, 3.8) is 0 Å². The van der Waals surface area contributed by atoms with Crippen LogP contribution in [0, 0.1) is 11.6 Å². The SMILES string of the molecule is CC(C)(C)OC(=O)N[C@@H]1c2cccnc2[C@@H](CC(=O)O)CC[C@H]1c1cccc(F)c1F.[Li+].[OH-]. The first-order valence-electron chi connectivity index (χ1n) is 10.2. The summed E-state index contributed by atoms with van der Waals surface area (Å²) in [6, 6.07) is 6.57. The Balaban J connectivity index is 0.00000272. The van der Waals surface area contributed by atoms with E-state index in [2.05, 4.69) is 10.3 Å². The Morgan fingerprint density at radius 3 is 2.45 bits per heavy atom. The maximum atomic E-state index is 14.8. The van der Waals surface area contributed by atoms with E-state index in [0.29, 0.717) is 24.1 Å². The Kier molecular flexibility index (Phi) is 10.0. The Labute approximate surface area is 203 Å². The zero-order valence-electron chi connectivity index (χ0n) is 19.1. The number of rotatable bonds is 4. The summed E-state index contributed by atoms with van der Waals surface area (Å²) in [6.45, 7) is 5.17. The number of nitrogens with zero attached hydrogens (tertiary/aromatic N) is 1. The number of alkyl carbamates (subject to hydrolysis) is 1. The van der Waals surface area contributed by atoms with Crippen molar-refractivity contribution in [3.8, 4) is 0 Å². The average molecular weight is 456 g/mol. The van der Waals surface area contributed by atoms with Crippen LogP contribution in [0.5, 0.6) is 0 Å². The number of hydrogen-bond donors (Lipinski definition) is 2. The fraction of sp³-hybridized carbons (Fsp3) is 0.435. The van der Waals surface area contributed by atoms with E-state index in [9.17, 15) is 23.5 Å². The maximum absolute atomic E-state index is 14.8. The molecule has 0 unspecified atom stereocenters. The second kappa shape index (κ2) is 11.6. The van der Waals surface area contributed by atoms with Crippen molar-refractivity contribution in [2.24, 2.45) is 0 Å². The molecule has 0 aliphatic heterocycles. The standard InChI is InChI=1S/C23H26F2N2O4.Li.H2O/c1-23(2,3)31-22(30)27-21-15(14-6-4-8-17(24)19(14)25)10-9-13(12-18(28)29)20-16(21)7-5-11-26-20;;/h4-8,11,13,15,21H,9-10,12H2,1-3H3,(H,27,30)(H,28,29);;1H2/q;+1;/p-1/t13-,15+,21+;;/m1../s1. The quantitative estimate of drug-likeness (QED) is 0.536. The van der Waals surface area contributed by atoms with Crippen LogP contribution in [0.15, 0.2) is 36.5 Å². The van der Waals surface area contributed by atoms with Gasteiger partial charge in [-0.05, 0) is 56.9 Å². The predicted octanol–water partition coefficient (Wildman–Crippen LogP) is 1.89. The number of carboxylic acid groups (broad SMARTS) is 1. The number of pyridine rings is 1. The molecule has 0 saturated carbocycles. The minimum absolute atomic E-state index is 0. The van der Waals surface area contributed by atoms with Crippen LogP contribution in [0.25, 0.3) is 0 Å². The van der Waals surface area contributed by atoms with Crippen molar-refractivity contribution in [1.29, 1.82) is 0 Å². The number of aliphatic carboxylic acids is 1. The third-order valence-electron chi connectivity index (χ3n) is 5.30. The molecule has 0 saturated heterocycles. The molecule has 0 fully saturated rings. The van der Waals surface area contributed by atoms with Crippen molar-refractivity contribution in [3.05, 3.63) is 65.0 Å². The van der Waals surface area contributed by atoms with Crippen molar-refractivity contribution >= 4 is 12.1 Å². The molecule has 0 bridgehead atoms. The zero-order chi connectivity index (χ0) is 22.8. The van der Waals surface area contributed by atoms with Crippen molar-refractivity contribution < 1.29 is 52.6 Å². The van der Waals surface area contributed by atoms with Crippen molar-refractivity contribution in [1.82, 2.24) is 10.3 Å². The molecule has 10 heteroatoms. The normalized spacial score (nSPS) is 19.7. The molecule has 2 aromatic rings. The third kappa shape index (κ3) is 7.00. The summed E-state index contributed by atoms with van der Waals surface area (Å²) >= 11 is 0. The fourth-order valence-corrected chi connectivity index (χ4v) is 4.10. The predicted molar refractivity (Wildman–Crippen MR) is 112 cm³/mol.